The largest absolute Gasteiger partial charge is 0.385 e. The highest BCUT2D eigenvalue weighted by atomic mass is 16.5. The zero-order chi connectivity index (χ0) is 14.4. The summed E-state index contributed by atoms with van der Waals surface area (Å²) in [6, 6.07) is 11.4. The summed E-state index contributed by atoms with van der Waals surface area (Å²) in [5, 5.41) is 3.73. The molecule has 1 aromatic carbocycles. The molecule has 1 saturated heterocycles. The number of unbranched alkanes of at least 4 members (excludes halogenated alkanes) is 1. The third-order valence-electron chi connectivity index (χ3n) is 4.39. The lowest BCUT2D eigenvalue weighted by atomic mass is 9.88. The predicted molar refractivity (Wildman–Crippen MR) is 83.9 cm³/mol. The lowest BCUT2D eigenvalue weighted by Gasteiger charge is -2.45. The summed E-state index contributed by atoms with van der Waals surface area (Å²) in [7, 11) is 1.78. The number of benzene rings is 1. The molecule has 1 heterocycles. The van der Waals surface area contributed by atoms with E-state index in [4.69, 9.17) is 4.74 Å². The topological polar surface area (TPSA) is 24.5 Å². The van der Waals surface area contributed by atoms with Crippen LogP contribution in [0.5, 0.6) is 0 Å². The zero-order valence-electron chi connectivity index (χ0n) is 13.1. The summed E-state index contributed by atoms with van der Waals surface area (Å²) in [5.74, 6) is 0. The summed E-state index contributed by atoms with van der Waals surface area (Å²) in [5.41, 5.74) is 1.45. The highest BCUT2D eigenvalue weighted by molar-refractivity contribution is 5.25. The van der Waals surface area contributed by atoms with Gasteiger partial charge in [-0.3, -0.25) is 4.90 Å². The van der Waals surface area contributed by atoms with Crippen LogP contribution in [0, 0.1) is 0 Å². The van der Waals surface area contributed by atoms with Crippen LogP contribution in [0.2, 0.25) is 0 Å². The monoisotopic (exact) mass is 276 g/mol. The third-order valence-corrected chi connectivity index (χ3v) is 4.39. The van der Waals surface area contributed by atoms with Crippen molar-refractivity contribution in [3.8, 4) is 0 Å². The summed E-state index contributed by atoms with van der Waals surface area (Å²) in [6.45, 7) is 8.79. The molecule has 20 heavy (non-hydrogen) atoms. The molecule has 2 atom stereocenters. The van der Waals surface area contributed by atoms with Crippen molar-refractivity contribution in [1.82, 2.24) is 10.2 Å². The molecule has 1 aromatic rings. The summed E-state index contributed by atoms with van der Waals surface area (Å²) < 4.78 is 5.14. The van der Waals surface area contributed by atoms with Gasteiger partial charge in [0.15, 0.2) is 0 Å². The number of piperazine rings is 1. The van der Waals surface area contributed by atoms with Crippen LogP contribution in [-0.4, -0.2) is 44.3 Å². The molecule has 0 aromatic heterocycles. The Labute approximate surface area is 123 Å². The summed E-state index contributed by atoms with van der Waals surface area (Å²) in [6.07, 6.45) is 2.36. The number of hydrogen-bond acceptors (Lipinski definition) is 3. The Morgan fingerprint density at radius 1 is 1.30 bits per heavy atom. The van der Waals surface area contributed by atoms with Crippen LogP contribution in [0.3, 0.4) is 0 Å². The van der Waals surface area contributed by atoms with Crippen LogP contribution in [0.15, 0.2) is 30.3 Å². The van der Waals surface area contributed by atoms with Crippen molar-refractivity contribution in [3.63, 3.8) is 0 Å². The van der Waals surface area contributed by atoms with E-state index in [1.165, 1.54) is 12.0 Å². The van der Waals surface area contributed by atoms with Gasteiger partial charge in [0.2, 0.25) is 0 Å². The van der Waals surface area contributed by atoms with E-state index < -0.39 is 0 Å². The lowest BCUT2D eigenvalue weighted by molar-refractivity contribution is 0.0895. The molecule has 0 saturated carbocycles. The molecule has 3 nitrogen and oxygen atoms in total. The Bertz CT molecular complexity index is 395. The van der Waals surface area contributed by atoms with Crippen molar-refractivity contribution < 1.29 is 4.74 Å². The number of ether oxygens (including phenoxy) is 1. The second-order valence-corrected chi connectivity index (χ2v) is 6.10. The first-order valence-electron chi connectivity index (χ1n) is 7.69. The molecule has 0 radical (unpaired) electrons. The highest BCUT2D eigenvalue weighted by Gasteiger charge is 2.34. The highest BCUT2D eigenvalue weighted by Crippen LogP contribution is 2.26. The van der Waals surface area contributed by atoms with E-state index in [1.807, 2.05) is 0 Å². The predicted octanol–water partition coefficient (Wildman–Crippen LogP) is 2.62. The van der Waals surface area contributed by atoms with E-state index in [2.05, 4.69) is 54.4 Å². The van der Waals surface area contributed by atoms with Crippen LogP contribution >= 0.6 is 0 Å². The molecule has 112 valence electrons. The first-order chi connectivity index (χ1) is 9.65. The molecule has 3 heteroatoms. The number of nitrogens with one attached hydrogen (secondary N) is 1. The molecular weight excluding hydrogens is 248 g/mol. The van der Waals surface area contributed by atoms with E-state index in [-0.39, 0.29) is 5.54 Å². The van der Waals surface area contributed by atoms with Gasteiger partial charge in [0.1, 0.15) is 0 Å². The van der Waals surface area contributed by atoms with E-state index in [0.717, 1.165) is 32.7 Å². The number of nitrogens with zero attached hydrogens (tertiary/aromatic N) is 1. The van der Waals surface area contributed by atoms with Crippen molar-refractivity contribution in [1.29, 1.82) is 0 Å². The second-order valence-electron chi connectivity index (χ2n) is 6.10. The first-order valence-corrected chi connectivity index (χ1v) is 7.69. The smallest absolute Gasteiger partial charge is 0.0535 e. The summed E-state index contributed by atoms with van der Waals surface area (Å²) >= 11 is 0. The normalized spacial score (nSPS) is 27.6. The van der Waals surface area contributed by atoms with Gasteiger partial charge in [0.25, 0.3) is 0 Å². The number of hydrogen-bond donors (Lipinski definition) is 1. The molecule has 0 aliphatic carbocycles. The number of rotatable bonds is 6. The minimum Gasteiger partial charge on any atom is -0.385 e. The van der Waals surface area contributed by atoms with Crippen molar-refractivity contribution in [3.05, 3.63) is 35.9 Å². The molecule has 1 aliphatic rings. The molecule has 0 spiro atoms. The Hall–Kier alpha value is -0.900. The maximum absolute atomic E-state index is 5.14. The molecule has 1 N–H and O–H groups in total. The van der Waals surface area contributed by atoms with Crippen molar-refractivity contribution in [2.75, 3.05) is 33.4 Å². The Kier molecular flexibility index (Phi) is 5.58. The van der Waals surface area contributed by atoms with Gasteiger partial charge in [-0.15, -0.1) is 0 Å². The van der Waals surface area contributed by atoms with Gasteiger partial charge in [-0.05, 0) is 38.8 Å². The van der Waals surface area contributed by atoms with Crippen LogP contribution < -0.4 is 5.32 Å². The van der Waals surface area contributed by atoms with Crippen LogP contribution in [-0.2, 0) is 10.3 Å². The molecule has 0 bridgehead atoms. The molecule has 2 rings (SSSR count). The minimum absolute atomic E-state index is 0.0645. The fourth-order valence-electron chi connectivity index (χ4n) is 2.98. The third kappa shape index (κ3) is 3.81. The van der Waals surface area contributed by atoms with E-state index in [0.29, 0.717) is 6.04 Å². The average molecular weight is 276 g/mol. The van der Waals surface area contributed by atoms with Gasteiger partial charge in [-0.1, -0.05) is 30.3 Å². The van der Waals surface area contributed by atoms with Gasteiger partial charge in [-0.2, -0.15) is 0 Å². The van der Waals surface area contributed by atoms with E-state index in [1.54, 1.807) is 7.11 Å². The van der Waals surface area contributed by atoms with Gasteiger partial charge in [0, 0.05) is 32.8 Å². The van der Waals surface area contributed by atoms with Crippen molar-refractivity contribution in [2.24, 2.45) is 0 Å². The first kappa shape index (κ1) is 15.5. The molecule has 2 unspecified atom stereocenters. The summed E-state index contributed by atoms with van der Waals surface area (Å²) in [4.78, 5) is 2.61. The van der Waals surface area contributed by atoms with Crippen LogP contribution in [0.1, 0.15) is 32.3 Å². The Morgan fingerprint density at radius 3 is 2.75 bits per heavy atom. The van der Waals surface area contributed by atoms with E-state index in [9.17, 15) is 0 Å². The quantitative estimate of drug-likeness (QED) is 0.808. The van der Waals surface area contributed by atoms with Gasteiger partial charge in [-0.25, -0.2) is 0 Å². The standard InChI is InChI=1S/C17H28N2O/c1-15-13-18-17(2,16-9-5-4-6-10-16)14-19(15)11-7-8-12-20-3/h4-6,9-10,15,18H,7-8,11-14H2,1-3H3. The fraction of sp³-hybridized carbons (Fsp3) is 0.647. The second kappa shape index (κ2) is 7.21. The fourth-order valence-corrected chi connectivity index (χ4v) is 2.98. The van der Waals surface area contributed by atoms with Crippen LogP contribution in [0.25, 0.3) is 0 Å². The van der Waals surface area contributed by atoms with Gasteiger partial charge < -0.3 is 10.1 Å². The Balaban J connectivity index is 1.96. The van der Waals surface area contributed by atoms with Gasteiger partial charge >= 0.3 is 0 Å². The maximum Gasteiger partial charge on any atom is 0.0535 e. The van der Waals surface area contributed by atoms with Crippen LogP contribution in [0.4, 0.5) is 0 Å². The molecule has 1 fully saturated rings. The van der Waals surface area contributed by atoms with Crippen molar-refractivity contribution in [2.45, 2.75) is 38.3 Å². The van der Waals surface area contributed by atoms with E-state index >= 15 is 0 Å². The zero-order valence-corrected chi connectivity index (χ0v) is 13.1. The number of methoxy groups -OCH3 is 1. The molecular formula is C17H28N2O. The molecule has 0 amide bonds. The molecule has 1 aliphatic heterocycles. The average Bonchev–Trinajstić information content (AvgIpc) is 2.48. The lowest BCUT2D eigenvalue weighted by Crippen LogP contribution is -2.60. The minimum atomic E-state index is 0.0645. The SMILES string of the molecule is COCCCCN1CC(C)(c2ccccc2)NCC1C. The maximum atomic E-state index is 5.14. The van der Waals surface area contributed by atoms with Crippen molar-refractivity contribution >= 4 is 0 Å². The Morgan fingerprint density at radius 2 is 2.05 bits per heavy atom. The van der Waals surface area contributed by atoms with Gasteiger partial charge in [0.05, 0.1) is 5.54 Å².